The van der Waals surface area contributed by atoms with Gasteiger partial charge in [0.1, 0.15) is 28.6 Å². The Morgan fingerprint density at radius 3 is 2.66 bits per heavy atom. The van der Waals surface area contributed by atoms with E-state index in [0.717, 1.165) is 16.7 Å². The lowest BCUT2D eigenvalue weighted by Crippen LogP contribution is -2.27. The molecule has 0 unspecified atom stereocenters. The van der Waals surface area contributed by atoms with Crippen LogP contribution in [0.1, 0.15) is 42.5 Å². The number of carbonyl (C=O) groups excluding carboxylic acids is 1. The second-order valence-electron chi connectivity index (χ2n) is 8.52. The van der Waals surface area contributed by atoms with E-state index < -0.39 is 11.5 Å². The Labute approximate surface area is 204 Å². The normalized spacial score (nSPS) is 11.5. The summed E-state index contributed by atoms with van der Waals surface area (Å²) in [5.41, 5.74) is 2.50. The van der Waals surface area contributed by atoms with Crippen LogP contribution in [0.3, 0.4) is 0 Å². The molecule has 0 bridgehead atoms. The standard InChI is InChI=1S/C27H30N4O4/c1-17(2)34-14-8-12-29-25(32)21(16-28)15-22-26(35-23-11-6-9-18(3)20(23)5)30-24-19(4)10-7-13-31(24)27(22)33/h6-7,9-11,13,15,17H,8,12,14H2,1-5H3,(H,29,32). The van der Waals surface area contributed by atoms with Crippen molar-refractivity contribution in [2.24, 2.45) is 0 Å². The number of pyridine rings is 1. The summed E-state index contributed by atoms with van der Waals surface area (Å²) in [5, 5.41) is 12.4. The molecule has 0 aliphatic heterocycles. The molecular weight excluding hydrogens is 444 g/mol. The minimum absolute atomic E-state index is 0.0175. The zero-order chi connectivity index (χ0) is 25.5. The van der Waals surface area contributed by atoms with E-state index >= 15 is 0 Å². The molecule has 0 radical (unpaired) electrons. The van der Waals surface area contributed by atoms with Crippen LogP contribution in [0.25, 0.3) is 11.7 Å². The highest BCUT2D eigenvalue weighted by Crippen LogP contribution is 2.28. The Kier molecular flexibility index (Phi) is 8.39. The van der Waals surface area contributed by atoms with Crippen LogP contribution < -0.4 is 15.6 Å². The van der Waals surface area contributed by atoms with Crippen LogP contribution in [0.5, 0.6) is 11.6 Å². The van der Waals surface area contributed by atoms with E-state index in [2.05, 4.69) is 10.3 Å². The molecule has 0 spiro atoms. The molecule has 3 rings (SSSR count). The van der Waals surface area contributed by atoms with Crippen molar-refractivity contribution < 1.29 is 14.3 Å². The minimum atomic E-state index is -0.580. The summed E-state index contributed by atoms with van der Waals surface area (Å²) in [6, 6.07) is 11.1. The Bertz CT molecular complexity index is 1370. The number of benzene rings is 1. The van der Waals surface area contributed by atoms with E-state index in [9.17, 15) is 14.9 Å². The second-order valence-corrected chi connectivity index (χ2v) is 8.52. The maximum Gasteiger partial charge on any atom is 0.269 e. The molecule has 0 fully saturated rings. The first-order valence-corrected chi connectivity index (χ1v) is 11.5. The highest BCUT2D eigenvalue weighted by atomic mass is 16.5. The quantitative estimate of drug-likeness (QED) is 0.282. The third-order valence-corrected chi connectivity index (χ3v) is 5.52. The Hall–Kier alpha value is -3.96. The van der Waals surface area contributed by atoms with Crippen LogP contribution in [-0.2, 0) is 9.53 Å². The average Bonchev–Trinajstić information content (AvgIpc) is 2.82. The summed E-state index contributed by atoms with van der Waals surface area (Å²) in [6.45, 7) is 10.4. The van der Waals surface area contributed by atoms with Gasteiger partial charge < -0.3 is 14.8 Å². The minimum Gasteiger partial charge on any atom is -0.438 e. The molecule has 2 heterocycles. The van der Waals surface area contributed by atoms with Crippen LogP contribution in [-0.4, -0.2) is 34.5 Å². The highest BCUT2D eigenvalue weighted by molar-refractivity contribution is 6.01. The number of nitriles is 1. The molecule has 1 amide bonds. The van der Waals surface area contributed by atoms with Crippen molar-refractivity contribution in [1.29, 1.82) is 5.26 Å². The number of hydrogen-bond acceptors (Lipinski definition) is 6. The summed E-state index contributed by atoms with van der Waals surface area (Å²) in [5.74, 6) is -0.00930. The van der Waals surface area contributed by atoms with Crippen molar-refractivity contribution in [2.45, 2.75) is 47.1 Å². The first-order chi connectivity index (χ1) is 16.7. The van der Waals surface area contributed by atoms with E-state index in [1.54, 1.807) is 18.3 Å². The lowest BCUT2D eigenvalue weighted by Gasteiger charge is -2.14. The number of nitrogens with one attached hydrogen (secondary N) is 1. The number of amides is 1. The molecule has 3 aromatic rings. The molecule has 0 aliphatic rings. The molecule has 0 aliphatic carbocycles. The molecule has 182 valence electrons. The number of nitrogens with zero attached hydrogens (tertiary/aromatic N) is 3. The Morgan fingerprint density at radius 2 is 1.94 bits per heavy atom. The van der Waals surface area contributed by atoms with Crippen molar-refractivity contribution in [3.05, 3.63) is 74.7 Å². The lowest BCUT2D eigenvalue weighted by molar-refractivity contribution is -0.117. The largest absolute Gasteiger partial charge is 0.438 e. The van der Waals surface area contributed by atoms with Crippen molar-refractivity contribution >= 4 is 17.6 Å². The fourth-order valence-corrected chi connectivity index (χ4v) is 3.41. The van der Waals surface area contributed by atoms with Crippen LogP contribution in [0.4, 0.5) is 0 Å². The SMILES string of the molecule is Cc1cccc(Oc2nc3c(C)cccn3c(=O)c2C=C(C#N)C(=O)NCCCOC(C)C)c1C. The van der Waals surface area contributed by atoms with Gasteiger partial charge in [-0.25, -0.2) is 0 Å². The fourth-order valence-electron chi connectivity index (χ4n) is 3.41. The second kappa shape index (κ2) is 11.4. The van der Waals surface area contributed by atoms with Crippen molar-refractivity contribution in [3.63, 3.8) is 0 Å². The van der Waals surface area contributed by atoms with E-state index in [1.165, 1.54) is 10.5 Å². The fraction of sp³-hybridized carbons (Fsp3) is 0.333. The molecule has 1 N–H and O–H groups in total. The highest BCUT2D eigenvalue weighted by Gasteiger charge is 2.18. The Balaban J connectivity index is 2.02. The molecule has 0 saturated heterocycles. The van der Waals surface area contributed by atoms with Gasteiger partial charge in [0.2, 0.25) is 5.88 Å². The van der Waals surface area contributed by atoms with Crippen molar-refractivity contribution in [2.75, 3.05) is 13.2 Å². The van der Waals surface area contributed by atoms with Gasteiger partial charge in [0.25, 0.3) is 11.5 Å². The number of aryl methyl sites for hydroxylation is 2. The maximum atomic E-state index is 13.4. The van der Waals surface area contributed by atoms with Gasteiger partial charge in [-0.15, -0.1) is 0 Å². The van der Waals surface area contributed by atoms with Crippen LogP contribution in [0.2, 0.25) is 0 Å². The monoisotopic (exact) mass is 474 g/mol. The number of ether oxygens (including phenoxy) is 2. The number of rotatable bonds is 9. The van der Waals surface area contributed by atoms with Gasteiger partial charge in [-0.3, -0.25) is 14.0 Å². The molecule has 0 saturated carbocycles. The molecule has 0 atom stereocenters. The summed E-state index contributed by atoms with van der Waals surface area (Å²) in [4.78, 5) is 30.7. The van der Waals surface area contributed by atoms with Gasteiger partial charge >= 0.3 is 0 Å². The smallest absolute Gasteiger partial charge is 0.269 e. The summed E-state index contributed by atoms with van der Waals surface area (Å²) < 4.78 is 12.9. The molecular formula is C27H30N4O4. The molecule has 2 aromatic heterocycles. The van der Waals surface area contributed by atoms with Crippen LogP contribution in [0.15, 0.2) is 46.9 Å². The zero-order valence-corrected chi connectivity index (χ0v) is 20.7. The molecule has 8 nitrogen and oxygen atoms in total. The zero-order valence-electron chi connectivity index (χ0n) is 20.7. The van der Waals surface area contributed by atoms with Gasteiger partial charge in [0, 0.05) is 19.3 Å². The van der Waals surface area contributed by atoms with E-state index in [-0.39, 0.29) is 23.1 Å². The van der Waals surface area contributed by atoms with E-state index in [4.69, 9.17) is 9.47 Å². The summed E-state index contributed by atoms with van der Waals surface area (Å²) >= 11 is 0. The summed E-state index contributed by atoms with van der Waals surface area (Å²) in [6.07, 6.45) is 3.54. The predicted molar refractivity (Wildman–Crippen MR) is 134 cm³/mol. The third kappa shape index (κ3) is 6.14. The molecule has 8 heteroatoms. The summed E-state index contributed by atoms with van der Waals surface area (Å²) in [7, 11) is 0. The topological polar surface area (TPSA) is 106 Å². The lowest BCUT2D eigenvalue weighted by atomic mass is 10.1. The number of hydrogen-bond donors (Lipinski definition) is 1. The molecule has 1 aromatic carbocycles. The average molecular weight is 475 g/mol. The van der Waals surface area contributed by atoms with Gasteiger partial charge in [0.15, 0.2) is 0 Å². The van der Waals surface area contributed by atoms with Crippen LogP contribution in [0, 0.1) is 32.1 Å². The van der Waals surface area contributed by atoms with Crippen molar-refractivity contribution in [1.82, 2.24) is 14.7 Å². The predicted octanol–water partition coefficient (Wildman–Crippen LogP) is 4.25. The first-order valence-electron chi connectivity index (χ1n) is 11.5. The van der Waals surface area contributed by atoms with E-state index in [1.807, 2.05) is 58.9 Å². The number of fused-ring (bicyclic) bond motifs is 1. The Morgan fingerprint density at radius 1 is 1.20 bits per heavy atom. The van der Waals surface area contributed by atoms with Gasteiger partial charge in [-0.2, -0.15) is 10.2 Å². The molecule has 35 heavy (non-hydrogen) atoms. The number of carbonyl (C=O) groups is 1. The maximum absolute atomic E-state index is 13.4. The van der Waals surface area contributed by atoms with E-state index in [0.29, 0.717) is 31.0 Å². The van der Waals surface area contributed by atoms with Gasteiger partial charge in [-0.05, 0) is 75.9 Å². The van der Waals surface area contributed by atoms with Crippen LogP contribution >= 0.6 is 0 Å². The van der Waals surface area contributed by atoms with Gasteiger partial charge in [0.05, 0.1) is 6.10 Å². The third-order valence-electron chi connectivity index (χ3n) is 5.52. The van der Waals surface area contributed by atoms with Crippen molar-refractivity contribution in [3.8, 4) is 17.7 Å². The van der Waals surface area contributed by atoms with Gasteiger partial charge in [-0.1, -0.05) is 18.2 Å². The number of aromatic nitrogens is 2. The first kappa shape index (κ1) is 25.7.